The third-order valence-corrected chi connectivity index (χ3v) is 3.14. The minimum Gasteiger partial charge on any atom is -0.384 e. The van der Waals surface area contributed by atoms with Crippen molar-refractivity contribution in [2.75, 3.05) is 5.73 Å². The van der Waals surface area contributed by atoms with Gasteiger partial charge in [-0.3, -0.25) is 0 Å². The van der Waals surface area contributed by atoms with E-state index in [0.717, 1.165) is 29.0 Å². The molecule has 0 spiro atoms. The van der Waals surface area contributed by atoms with Crippen molar-refractivity contribution < 1.29 is 0 Å². The molecule has 0 saturated heterocycles. The molecule has 2 N–H and O–H groups in total. The zero-order valence-electron chi connectivity index (χ0n) is 9.16. The first kappa shape index (κ1) is 12.2. The van der Waals surface area contributed by atoms with Gasteiger partial charge in [0.15, 0.2) is 0 Å². The molecule has 0 bridgehead atoms. The molecule has 0 unspecified atom stereocenters. The highest BCUT2D eigenvalue weighted by atomic mass is 35.5. The van der Waals surface area contributed by atoms with Crippen molar-refractivity contribution in [2.24, 2.45) is 0 Å². The van der Waals surface area contributed by atoms with E-state index in [1.807, 2.05) is 24.3 Å². The average Bonchev–Trinajstić information content (AvgIpc) is 2.30. The standard InChI is InChI=1S/C13H12Cl2N2/c14-11-3-4-12(15)10(8-11)2-1-9-5-6-17-13(16)7-9/h3-8H,1-2H2,(H2,16,17). The summed E-state index contributed by atoms with van der Waals surface area (Å²) in [6.07, 6.45) is 3.42. The molecule has 4 heteroatoms. The Morgan fingerprint density at radius 3 is 2.65 bits per heavy atom. The number of nitrogen functional groups attached to an aromatic ring is 1. The Labute approximate surface area is 110 Å². The van der Waals surface area contributed by atoms with Gasteiger partial charge in [-0.15, -0.1) is 0 Å². The molecule has 17 heavy (non-hydrogen) atoms. The summed E-state index contributed by atoms with van der Waals surface area (Å²) in [4.78, 5) is 3.96. The molecule has 0 saturated carbocycles. The number of nitrogens with zero attached hydrogens (tertiary/aromatic N) is 1. The van der Waals surface area contributed by atoms with Crippen molar-refractivity contribution in [1.29, 1.82) is 0 Å². The molecule has 0 aliphatic rings. The van der Waals surface area contributed by atoms with Crippen molar-refractivity contribution in [1.82, 2.24) is 4.98 Å². The minimum atomic E-state index is 0.541. The van der Waals surface area contributed by atoms with E-state index >= 15 is 0 Å². The Bertz CT molecular complexity index is 527. The van der Waals surface area contributed by atoms with Gasteiger partial charge in [0.05, 0.1) is 0 Å². The van der Waals surface area contributed by atoms with E-state index < -0.39 is 0 Å². The molecule has 88 valence electrons. The Morgan fingerprint density at radius 1 is 1.06 bits per heavy atom. The highest BCUT2D eigenvalue weighted by Crippen LogP contribution is 2.22. The van der Waals surface area contributed by atoms with Gasteiger partial charge in [0.2, 0.25) is 0 Å². The van der Waals surface area contributed by atoms with Crippen molar-refractivity contribution in [2.45, 2.75) is 12.8 Å². The SMILES string of the molecule is Nc1cc(CCc2cc(Cl)ccc2Cl)ccn1. The predicted molar refractivity (Wildman–Crippen MR) is 72.5 cm³/mol. The van der Waals surface area contributed by atoms with Gasteiger partial charge in [0.1, 0.15) is 5.82 Å². The van der Waals surface area contributed by atoms with E-state index in [4.69, 9.17) is 28.9 Å². The second-order valence-electron chi connectivity index (χ2n) is 3.82. The number of rotatable bonds is 3. The van der Waals surface area contributed by atoms with Gasteiger partial charge in [0, 0.05) is 16.2 Å². The van der Waals surface area contributed by atoms with Gasteiger partial charge in [-0.05, 0) is 54.3 Å². The number of pyridine rings is 1. The molecular formula is C13H12Cl2N2. The zero-order chi connectivity index (χ0) is 12.3. The van der Waals surface area contributed by atoms with Crippen LogP contribution >= 0.6 is 23.2 Å². The normalized spacial score (nSPS) is 10.5. The number of aryl methyl sites for hydroxylation is 2. The molecule has 1 aromatic heterocycles. The summed E-state index contributed by atoms with van der Waals surface area (Å²) in [6, 6.07) is 9.33. The maximum atomic E-state index is 6.10. The second-order valence-corrected chi connectivity index (χ2v) is 4.67. The first-order valence-electron chi connectivity index (χ1n) is 5.29. The smallest absolute Gasteiger partial charge is 0.123 e. The quantitative estimate of drug-likeness (QED) is 0.919. The summed E-state index contributed by atoms with van der Waals surface area (Å²) >= 11 is 12.0. The lowest BCUT2D eigenvalue weighted by atomic mass is 10.1. The van der Waals surface area contributed by atoms with Crippen molar-refractivity contribution >= 4 is 29.0 Å². The van der Waals surface area contributed by atoms with Gasteiger partial charge in [-0.1, -0.05) is 23.2 Å². The molecule has 0 aliphatic carbocycles. The van der Waals surface area contributed by atoms with Crippen LogP contribution in [0.15, 0.2) is 36.5 Å². The van der Waals surface area contributed by atoms with Gasteiger partial charge < -0.3 is 5.73 Å². The highest BCUT2D eigenvalue weighted by Gasteiger charge is 2.02. The summed E-state index contributed by atoms with van der Waals surface area (Å²) in [5.74, 6) is 0.541. The fourth-order valence-corrected chi connectivity index (χ4v) is 2.07. The highest BCUT2D eigenvalue weighted by molar-refractivity contribution is 6.33. The number of nitrogens with two attached hydrogens (primary N) is 1. The zero-order valence-corrected chi connectivity index (χ0v) is 10.7. The van der Waals surface area contributed by atoms with Gasteiger partial charge >= 0.3 is 0 Å². The molecule has 2 nitrogen and oxygen atoms in total. The lowest BCUT2D eigenvalue weighted by molar-refractivity contribution is 0.957. The minimum absolute atomic E-state index is 0.541. The number of hydrogen-bond acceptors (Lipinski definition) is 2. The largest absolute Gasteiger partial charge is 0.384 e. The van der Waals surface area contributed by atoms with Crippen LogP contribution in [0.25, 0.3) is 0 Å². The lowest BCUT2D eigenvalue weighted by Gasteiger charge is -2.05. The molecule has 0 radical (unpaired) electrons. The number of benzene rings is 1. The van der Waals surface area contributed by atoms with Crippen molar-refractivity contribution in [3.63, 3.8) is 0 Å². The Morgan fingerprint density at radius 2 is 1.88 bits per heavy atom. The average molecular weight is 267 g/mol. The maximum Gasteiger partial charge on any atom is 0.123 e. The Balaban J connectivity index is 2.09. The lowest BCUT2D eigenvalue weighted by Crippen LogP contribution is -1.95. The molecular weight excluding hydrogens is 255 g/mol. The van der Waals surface area contributed by atoms with E-state index in [2.05, 4.69) is 4.98 Å². The van der Waals surface area contributed by atoms with Crippen LogP contribution in [-0.2, 0) is 12.8 Å². The first-order valence-corrected chi connectivity index (χ1v) is 6.05. The number of anilines is 1. The molecule has 0 atom stereocenters. The summed E-state index contributed by atoms with van der Waals surface area (Å²) < 4.78 is 0. The van der Waals surface area contributed by atoms with Gasteiger partial charge in [-0.2, -0.15) is 0 Å². The molecule has 0 fully saturated rings. The number of hydrogen-bond donors (Lipinski definition) is 1. The molecule has 1 aromatic carbocycles. The van der Waals surface area contributed by atoms with E-state index in [9.17, 15) is 0 Å². The van der Waals surface area contributed by atoms with Crippen LogP contribution < -0.4 is 5.73 Å². The number of aromatic nitrogens is 1. The van der Waals surface area contributed by atoms with Crippen LogP contribution in [0.1, 0.15) is 11.1 Å². The molecule has 2 rings (SSSR count). The van der Waals surface area contributed by atoms with Crippen LogP contribution in [0, 0.1) is 0 Å². The van der Waals surface area contributed by atoms with Crippen LogP contribution in [-0.4, -0.2) is 4.98 Å². The summed E-state index contributed by atoms with van der Waals surface area (Å²) in [5, 5.41) is 1.45. The molecule has 1 heterocycles. The summed E-state index contributed by atoms with van der Waals surface area (Å²) in [7, 11) is 0. The number of halogens is 2. The van der Waals surface area contributed by atoms with Crippen molar-refractivity contribution in [3.8, 4) is 0 Å². The van der Waals surface area contributed by atoms with Crippen LogP contribution in [0.3, 0.4) is 0 Å². The Hall–Kier alpha value is -1.25. The summed E-state index contributed by atoms with van der Waals surface area (Å²) in [5.41, 5.74) is 7.82. The third kappa shape index (κ3) is 3.35. The van der Waals surface area contributed by atoms with Gasteiger partial charge in [0.25, 0.3) is 0 Å². The van der Waals surface area contributed by atoms with E-state index in [0.29, 0.717) is 10.8 Å². The van der Waals surface area contributed by atoms with Crippen LogP contribution in [0.5, 0.6) is 0 Å². The van der Waals surface area contributed by atoms with Gasteiger partial charge in [-0.25, -0.2) is 4.98 Å². The fraction of sp³-hybridized carbons (Fsp3) is 0.154. The fourth-order valence-electron chi connectivity index (χ4n) is 1.66. The predicted octanol–water partition coefficient (Wildman–Crippen LogP) is 3.76. The molecule has 0 aliphatic heterocycles. The summed E-state index contributed by atoms with van der Waals surface area (Å²) in [6.45, 7) is 0. The monoisotopic (exact) mass is 266 g/mol. The van der Waals surface area contributed by atoms with E-state index in [1.54, 1.807) is 12.3 Å². The maximum absolute atomic E-state index is 6.10. The third-order valence-electron chi connectivity index (χ3n) is 2.54. The Kier molecular flexibility index (Phi) is 3.87. The second kappa shape index (κ2) is 5.39. The molecule has 2 aromatic rings. The van der Waals surface area contributed by atoms with Crippen LogP contribution in [0.4, 0.5) is 5.82 Å². The van der Waals surface area contributed by atoms with E-state index in [-0.39, 0.29) is 0 Å². The topological polar surface area (TPSA) is 38.9 Å². The van der Waals surface area contributed by atoms with E-state index in [1.165, 1.54) is 0 Å². The van der Waals surface area contributed by atoms with Crippen molar-refractivity contribution in [3.05, 3.63) is 57.7 Å². The van der Waals surface area contributed by atoms with Crippen LogP contribution in [0.2, 0.25) is 10.0 Å². The molecule has 0 amide bonds. The first-order chi connectivity index (χ1) is 8.15.